The molecule has 0 N–H and O–H groups in total. The van der Waals surface area contributed by atoms with E-state index in [4.69, 9.17) is 0 Å². The van der Waals surface area contributed by atoms with Crippen molar-refractivity contribution in [3.63, 3.8) is 0 Å². The van der Waals surface area contributed by atoms with Crippen LogP contribution in [0.1, 0.15) is 26.7 Å². The van der Waals surface area contributed by atoms with Gasteiger partial charge in [-0.3, -0.25) is 9.89 Å². The van der Waals surface area contributed by atoms with Gasteiger partial charge >= 0.3 is 0 Å². The molecule has 12 heavy (non-hydrogen) atoms. The first kappa shape index (κ1) is 8.24. The lowest BCUT2D eigenvalue weighted by Gasteiger charge is -2.19. The molecule has 1 saturated heterocycles. The summed E-state index contributed by atoms with van der Waals surface area (Å²) in [6, 6.07) is 1.33. The van der Waals surface area contributed by atoms with Crippen molar-refractivity contribution < 1.29 is 0 Å². The highest BCUT2D eigenvalue weighted by Gasteiger charge is 2.33. The van der Waals surface area contributed by atoms with Crippen molar-refractivity contribution in [3.8, 4) is 0 Å². The third-order valence-corrected chi connectivity index (χ3v) is 3.13. The van der Waals surface area contributed by atoms with Crippen LogP contribution in [0.4, 0.5) is 0 Å². The highest BCUT2D eigenvalue weighted by molar-refractivity contribution is 5.58. The van der Waals surface area contributed by atoms with Crippen LogP contribution in [0.15, 0.2) is 4.99 Å². The summed E-state index contributed by atoms with van der Waals surface area (Å²) >= 11 is 0. The van der Waals surface area contributed by atoms with Crippen LogP contribution in [0.3, 0.4) is 0 Å². The molecular formula is C10H18N2. The summed E-state index contributed by atoms with van der Waals surface area (Å²) < 4.78 is 0. The van der Waals surface area contributed by atoms with Crippen molar-refractivity contribution in [1.29, 1.82) is 0 Å². The summed E-state index contributed by atoms with van der Waals surface area (Å²) in [7, 11) is 0. The minimum absolute atomic E-state index is 0.626. The fraction of sp³-hybridized carbons (Fsp3) is 0.900. The Labute approximate surface area is 74.7 Å². The molecule has 0 radical (unpaired) electrons. The van der Waals surface area contributed by atoms with E-state index in [0.29, 0.717) is 12.1 Å². The minimum atomic E-state index is 0.626. The number of likely N-dealkylation sites (tertiary alicyclic amines) is 1. The maximum Gasteiger partial charge on any atom is 0.0663 e. The van der Waals surface area contributed by atoms with Crippen LogP contribution in [0.25, 0.3) is 0 Å². The standard InChI is InChI=1S/C10H18N2/c1-8(2)12-6-9-4-3-5-11-10(9)7-12/h5,8-10H,3-4,6-7H2,1-2H3. The van der Waals surface area contributed by atoms with Gasteiger partial charge in [-0.25, -0.2) is 0 Å². The molecule has 68 valence electrons. The number of hydrogen-bond donors (Lipinski definition) is 0. The molecule has 2 heterocycles. The van der Waals surface area contributed by atoms with E-state index in [1.54, 1.807) is 0 Å². The van der Waals surface area contributed by atoms with Gasteiger partial charge in [0.15, 0.2) is 0 Å². The van der Waals surface area contributed by atoms with E-state index in [1.807, 2.05) is 0 Å². The Morgan fingerprint density at radius 2 is 2.25 bits per heavy atom. The molecule has 2 heteroatoms. The van der Waals surface area contributed by atoms with Gasteiger partial charge in [-0.1, -0.05) is 0 Å². The van der Waals surface area contributed by atoms with Gasteiger partial charge in [-0.15, -0.1) is 0 Å². The van der Waals surface area contributed by atoms with Crippen LogP contribution in [0, 0.1) is 5.92 Å². The van der Waals surface area contributed by atoms with Gasteiger partial charge in [0, 0.05) is 19.1 Å². The van der Waals surface area contributed by atoms with E-state index in [-0.39, 0.29) is 0 Å². The van der Waals surface area contributed by atoms with Crippen LogP contribution in [-0.2, 0) is 0 Å². The van der Waals surface area contributed by atoms with Crippen LogP contribution < -0.4 is 0 Å². The van der Waals surface area contributed by atoms with E-state index in [0.717, 1.165) is 5.92 Å². The van der Waals surface area contributed by atoms with E-state index in [2.05, 4.69) is 30.0 Å². The van der Waals surface area contributed by atoms with Gasteiger partial charge < -0.3 is 0 Å². The highest BCUT2D eigenvalue weighted by Crippen LogP contribution is 2.27. The molecular weight excluding hydrogens is 148 g/mol. The fourth-order valence-electron chi connectivity index (χ4n) is 2.26. The molecule has 0 aromatic carbocycles. The second-order valence-electron chi connectivity index (χ2n) is 4.28. The van der Waals surface area contributed by atoms with Crippen molar-refractivity contribution >= 4 is 6.21 Å². The predicted molar refractivity (Wildman–Crippen MR) is 51.7 cm³/mol. The number of nitrogens with zero attached hydrogens (tertiary/aromatic N) is 2. The van der Waals surface area contributed by atoms with Crippen molar-refractivity contribution in [1.82, 2.24) is 4.90 Å². The average molecular weight is 166 g/mol. The first-order chi connectivity index (χ1) is 5.77. The van der Waals surface area contributed by atoms with Crippen LogP contribution >= 0.6 is 0 Å². The molecule has 0 saturated carbocycles. The Morgan fingerprint density at radius 1 is 1.42 bits per heavy atom. The maximum absolute atomic E-state index is 4.56. The topological polar surface area (TPSA) is 15.6 Å². The van der Waals surface area contributed by atoms with Gasteiger partial charge in [0.05, 0.1) is 6.04 Å². The lowest BCUT2D eigenvalue weighted by atomic mass is 9.96. The fourth-order valence-corrected chi connectivity index (χ4v) is 2.26. The molecule has 2 aliphatic heterocycles. The summed E-state index contributed by atoms with van der Waals surface area (Å²) in [6.45, 7) is 7.03. The summed E-state index contributed by atoms with van der Waals surface area (Å²) in [5, 5.41) is 0. The zero-order chi connectivity index (χ0) is 8.55. The molecule has 1 fully saturated rings. The summed E-state index contributed by atoms with van der Waals surface area (Å²) in [5.74, 6) is 0.859. The lowest BCUT2D eigenvalue weighted by molar-refractivity contribution is 0.263. The van der Waals surface area contributed by atoms with Crippen molar-refractivity contribution in [2.24, 2.45) is 10.9 Å². The molecule has 0 bridgehead atoms. The Hall–Kier alpha value is -0.370. The van der Waals surface area contributed by atoms with Crippen molar-refractivity contribution in [2.45, 2.75) is 38.8 Å². The Bertz CT molecular complexity index is 186. The molecule has 0 spiro atoms. The van der Waals surface area contributed by atoms with E-state index >= 15 is 0 Å². The Kier molecular flexibility index (Phi) is 2.18. The van der Waals surface area contributed by atoms with Gasteiger partial charge in [0.1, 0.15) is 0 Å². The molecule has 0 aliphatic carbocycles. The average Bonchev–Trinajstić information content (AvgIpc) is 2.46. The molecule has 0 amide bonds. The van der Waals surface area contributed by atoms with Crippen LogP contribution in [0.2, 0.25) is 0 Å². The van der Waals surface area contributed by atoms with E-state index in [1.165, 1.54) is 25.9 Å². The number of hydrogen-bond acceptors (Lipinski definition) is 2. The zero-order valence-corrected chi connectivity index (χ0v) is 8.03. The largest absolute Gasteiger partial charge is 0.298 e. The summed E-state index contributed by atoms with van der Waals surface area (Å²) in [5.41, 5.74) is 0. The smallest absolute Gasteiger partial charge is 0.0663 e. The first-order valence-electron chi connectivity index (χ1n) is 5.03. The summed E-state index contributed by atoms with van der Waals surface area (Å²) in [6.07, 6.45) is 4.68. The summed E-state index contributed by atoms with van der Waals surface area (Å²) in [4.78, 5) is 7.11. The quantitative estimate of drug-likeness (QED) is 0.577. The van der Waals surface area contributed by atoms with Gasteiger partial charge in [-0.05, 0) is 38.8 Å². The number of aliphatic imine (C=N–C) groups is 1. The lowest BCUT2D eigenvalue weighted by Crippen LogP contribution is -2.28. The number of fused-ring (bicyclic) bond motifs is 1. The molecule has 2 aliphatic rings. The van der Waals surface area contributed by atoms with E-state index in [9.17, 15) is 0 Å². The third kappa shape index (κ3) is 1.40. The Morgan fingerprint density at radius 3 is 2.92 bits per heavy atom. The van der Waals surface area contributed by atoms with Gasteiger partial charge in [-0.2, -0.15) is 0 Å². The second kappa shape index (κ2) is 3.17. The highest BCUT2D eigenvalue weighted by atomic mass is 15.2. The molecule has 2 unspecified atom stereocenters. The molecule has 2 nitrogen and oxygen atoms in total. The van der Waals surface area contributed by atoms with E-state index < -0.39 is 0 Å². The first-order valence-corrected chi connectivity index (χ1v) is 5.03. The SMILES string of the molecule is CC(C)N1CC2CCC=NC2C1. The zero-order valence-electron chi connectivity index (χ0n) is 8.03. The number of rotatable bonds is 1. The normalized spacial score (nSPS) is 35.9. The molecule has 0 aromatic rings. The van der Waals surface area contributed by atoms with Gasteiger partial charge in [0.2, 0.25) is 0 Å². The predicted octanol–water partition coefficient (Wildman–Crippen LogP) is 1.56. The monoisotopic (exact) mass is 166 g/mol. The Balaban J connectivity index is 2.00. The van der Waals surface area contributed by atoms with Crippen molar-refractivity contribution in [3.05, 3.63) is 0 Å². The molecule has 2 atom stereocenters. The second-order valence-corrected chi connectivity index (χ2v) is 4.28. The minimum Gasteiger partial charge on any atom is -0.298 e. The van der Waals surface area contributed by atoms with Crippen LogP contribution in [-0.4, -0.2) is 36.3 Å². The molecule has 2 rings (SSSR count). The molecule has 0 aromatic heterocycles. The van der Waals surface area contributed by atoms with Crippen molar-refractivity contribution in [2.75, 3.05) is 13.1 Å². The maximum atomic E-state index is 4.56. The van der Waals surface area contributed by atoms with Gasteiger partial charge in [0.25, 0.3) is 0 Å². The third-order valence-electron chi connectivity index (χ3n) is 3.13. The van der Waals surface area contributed by atoms with Crippen LogP contribution in [0.5, 0.6) is 0 Å².